The Bertz CT molecular complexity index is 759. The quantitative estimate of drug-likeness (QED) is 0.890. The van der Waals surface area contributed by atoms with Gasteiger partial charge in [-0.15, -0.1) is 0 Å². The van der Waals surface area contributed by atoms with Gasteiger partial charge in [0.25, 0.3) is 0 Å². The number of hydrogen-bond donors (Lipinski definition) is 2. The zero-order valence-corrected chi connectivity index (χ0v) is 14.5. The van der Waals surface area contributed by atoms with Gasteiger partial charge in [-0.3, -0.25) is 0 Å². The zero-order chi connectivity index (χ0) is 17.4. The third kappa shape index (κ3) is 2.78. The van der Waals surface area contributed by atoms with Gasteiger partial charge in [0, 0.05) is 54.7 Å². The number of urea groups is 1. The van der Waals surface area contributed by atoms with Gasteiger partial charge in [0.15, 0.2) is 5.82 Å². The molecule has 3 unspecified atom stereocenters. The topological polar surface area (TPSA) is 81.1 Å². The second-order valence-corrected chi connectivity index (χ2v) is 7.31. The number of ether oxygens (including phenoxy) is 1. The van der Waals surface area contributed by atoms with Gasteiger partial charge in [-0.05, 0) is 18.6 Å². The number of amides is 2. The molecule has 2 fully saturated rings. The van der Waals surface area contributed by atoms with Crippen LogP contribution in [0.2, 0.25) is 0 Å². The predicted molar refractivity (Wildman–Crippen MR) is 92.1 cm³/mol. The molecule has 25 heavy (non-hydrogen) atoms. The van der Waals surface area contributed by atoms with Crippen molar-refractivity contribution in [3.05, 3.63) is 42.4 Å². The lowest BCUT2D eigenvalue weighted by atomic mass is 9.57. The van der Waals surface area contributed by atoms with Crippen LogP contribution in [0.5, 0.6) is 0 Å². The number of carbonyl (C=O) groups excluding carboxylic acids is 1. The third-order valence-electron chi connectivity index (χ3n) is 5.42. The minimum Gasteiger partial charge on any atom is -0.377 e. The summed E-state index contributed by atoms with van der Waals surface area (Å²) in [6.07, 6.45) is 6.55. The molecule has 2 N–H and O–H groups in total. The van der Waals surface area contributed by atoms with E-state index in [2.05, 4.69) is 34.6 Å². The van der Waals surface area contributed by atoms with Crippen LogP contribution in [-0.2, 0) is 11.3 Å². The number of fused-ring (bicyclic) bond motifs is 1. The fourth-order valence-corrected chi connectivity index (χ4v) is 4.15. The molecule has 1 aliphatic carbocycles. The van der Waals surface area contributed by atoms with Gasteiger partial charge in [0.05, 0.1) is 6.10 Å². The van der Waals surface area contributed by atoms with Crippen molar-refractivity contribution >= 4 is 6.03 Å². The Morgan fingerprint density at radius 3 is 3.08 bits per heavy atom. The van der Waals surface area contributed by atoms with Gasteiger partial charge < -0.3 is 15.4 Å². The molecule has 1 saturated heterocycles. The summed E-state index contributed by atoms with van der Waals surface area (Å²) in [5.74, 6) is 1.15. The summed E-state index contributed by atoms with van der Waals surface area (Å²) in [4.78, 5) is 16.8. The number of nitrogens with one attached hydrogen (secondary N) is 2. The number of hydrogen-bond acceptors (Lipinski definition) is 4. The standard InChI is InChI=1S/C18H23N5O2/c1-18(2)14(13-6-10-25-15(13)18)22-17(24)20-11-12-5-3-7-19-16(12)23-9-4-8-21-23/h3-5,7-9,13-15H,6,10-11H2,1-2H3,(H2,20,22,24). The molecule has 3 atom stereocenters. The number of nitrogens with zero attached hydrogens (tertiary/aromatic N) is 3. The zero-order valence-electron chi connectivity index (χ0n) is 14.5. The molecule has 2 aromatic heterocycles. The maximum atomic E-state index is 12.4. The first-order valence-corrected chi connectivity index (χ1v) is 8.67. The first kappa shape index (κ1) is 16.1. The number of rotatable bonds is 4. The van der Waals surface area contributed by atoms with E-state index in [1.165, 1.54) is 0 Å². The summed E-state index contributed by atoms with van der Waals surface area (Å²) in [5, 5.41) is 10.3. The molecule has 2 amide bonds. The molecular weight excluding hydrogens is 318 g/mol. The molecule has 132 valence electrons. The van der Waals surface area contributed by atoms with E-state index in [0.29, 0.717) is 12.5 Å². The first-order chi connectivity index (χ1) is 12.1. The molecule has 3 heterocycles. The van der Waals surface area contributed by atoms with Gasteiger partial charge in [-0.25, -0.2) is 14.5 Å². The van der Waals surface area contributed by atoms with E-state index in [4.69, 9.17) is 4.74 Å². The van der Waals surface area contributed by atoms with Crippen LogP contribution in [0.15, 0.2) is 36.8 Å². The van der Waals surface area contributed by atoms with Gasteiger partial charge >= 0.3 is 6.03 Å². The average molecular weight is 341 g/mol. The van der Waals surface area contributed by atoms with Crippen molar-refractivity contribution in [3.63, 3.8) is 0 Å². The lowest BCUT2D eigenvalue weighted by molar-refractivity contribution is -0.108. The fourth-order valence-electron chi connectivity index (χ4n) is 4.15. The summed E-state index contributed by atoms with van der Waals surface area (Å²) < 4.78 is 7.47. The van der Waals surface area contributed by atoms with E-state index < -0.39 is 0 Å². The summed E-state index contributed by atoms with van der Waals surface area (Å²) in [6.45, 7) is 5.50. The molecule has 7 heteroatoms. The molecule has 0 spiro atoms. The highest BCUT2D eigenvalue weighted by Crippen LogP contribution is 2.52. The van der Waals surface area contributed by atoms with Gasteiger partial charge in [0.2, 0.25) is 0 Å². The highest BCUT2D eigenvalue weighted by molar-refractivity contribution is 5.74. The minimum absolute atomic E-state index is 0.0208. The van der Waals surface area contributed by atoms with Crippen LogP contribution in [0.3, 0.4) is 0 Å². The molecule has 1 saturated carbocycles. The minimum atomic E-state index is -0.154. The van der Waals surface area contributed by atoms with Crippen molar-refractivity contribution in [2.45, 2.75) is 39.0 Å². The number of carbonyl (C=O) groups is 1. The highest BCUT2D eigenvalue weighted by atomic mass is 16.5. The maximum absolute atomic E-state index is 12.4. The smallest absolute Gasteiger partial charge is 0.315 e. The number of aromatic nitrogens is 3. The fraction of sp³-hybridized carbons (Fsp3) is 0.500. The van der Waals surface area contributed by atoms with E-state index in [9.17, 15) is 4.79 Å². The van der Waals surface area contributed by atoms with Crippen LogP contribution < -0.4 is 10.6 Å². The van der Waals surface area contributed by atoms with Gasteiger partial charge in [-0.2, -0.15) is 5.10 Å². The van der Waals surface area contributed by atoms with Gasteiger partial charge in [0.1, 0.15) is 0 Å². The Morgan fingerprint density at radius 2 is 2.28 bits per heavy atom. The first-order valence-electron chi connectivity index (χ1n) is 8.67. The van der Waals surface area contributed by atoms with E-state index in [1.54, 1.807) is 17.1 Å². The predicted octanol–water partition coefficient (Wildman–Crippen LogP) is 1.88. The number of pyridine rings is 1. The average Bonchev–Trinajstić information content (AvgIpc) is 3.28. The van der Waals surface area contributed by atoms with Crippen molar-refractivity contribution in [2.24, 2.45) is 11.3 Å². The molecule has 0 radical (unpaired) electrons. The largest absolute Gasteiger partial charge is 0.377 e. The third-order valence-corrected chi connectivity index (χ3v) is 5.42. The van der Waals surface area contributed by atoms with E-state index in [-0.39, 0.29) is 23.6 Å². The lowest BCUT2D eigenvalue weighted by Crippen LogP contribution is -2.67. The summed E-state index contributed by atoms with van der Waals surface area (Å²) in [6, 6.07) is 5.64. The van der Waals surface area contributed by atoms with Crippen molar-refractivity contribution in [1.29, 1.82) is 0 Å². The van der Waals surface area contributed by atoms with Crippen molar-refractivity contribution in [3.8, 4) is 5.82 Å². The normalized spacial score (nSPS) is 26.6. The van der Waals surface area contributed by atoms with E-state index >= 15 is 0 Å². The van der Waals surface area contributed by atoms with Crippen molar-refractivity contribution in [2.75, 3.05) is 6.61 Å². The molecule has 0 aromatic carbocycles. The van der Waals surface area contributed by atoms with Crippen molar-refractivity contribution < 1.29 is 9.53 Å². The van der Waals surface area contributed by atoms with Crippen LogP contribution in [0, 0.1) is 11.3 Å². The van der Waals surface area contributed by atoms with Crippen LogP contribution in [0.25, 0.3) is 5.82 Å². The molecule has 7 nitrogen and oxygen atoms in total. The second kappa shape index (κ2) is 6.15. The van der Waals surface area contributed by atoms with E-state index in [1.807, 2.05) is 24.4 Å². The Morgan fingerprint density at radius 1 is 1.40 bits per heavy atom. The van der Waals surface area contributed by atoms with Crippen LogP contribution in [0.1, 0.15) is 25.8 Å². The summed E-state index contributed by atoms with van der Waals surface area (Å²) >= 11 is 0. The lowest BCUT2D eigenvalue weighted by Gasteiger charge is -2.54. The molecule has 0 bridgehead atoms. The van der Waals surface area contributed by atoms with Crippen LogP contribution in [-0.4, -0.2) is 39.5 Å². The summed E-state index contributed by atoms with van der Waals surface area (Å²) in [7, 11) is 0. The molecule has 2 aromatic rings. The van der Waals surface area contributed by atoms with Crippen LogP contribution in [0.4, 0.5) is 4.79 Å². The molecule has 4 rings (SSSR count). The van der Waals surface area contributed by atoms with Gasteiger partial charge in [-0.1, -0.05) is 19.9 Å². The maximum Gasteiger partial charge on any atom is 0.315 e. The second-order valence-electron chi connectivity index (χ2n) is 7.31. The Balaban J connectivity index is 1.39. The summed E-state index contributed by atoms with van der Waals surface area (Å²) in [5.41, 5.74) is 0.892. The monoisotopic (exact) mass is 341 g/mol. The molecular formula is C18H23N5O2. The molecule has 1 aliphatic heterocycles. The molecule has 2 aliphatic rings. The van der Waals surface area contributed by atoms with E-state index in [0.717, 1.165) is 24.4 Å². The Hall–Kier alpha value is -2.41. The van der Waals surface area contributed by atoms with Crippen molar-refractivity contribution in [1.82, 2.24) is 25.4 Å². The Kier molecular flexibility index (Phi) is 3.95. The highest BCUT2D eigenvalue weighted by Gasteiger charge is 2.59. The Labute approximate surface area is 146 Å². The van der Waals surface area contributed by atoms with Crippen LogP contribution >= 0.6 is 0 Å². The SMILES string of the molecule is CC1(C)C(NC(=O)NCc2cccnc2-n2cccn2)C2CCOC21.